The number of phenolic OH excluding ortho intramolecular Hbond substituents is 1. The maximum absolute atomic E-state index is 12.6. The van der Waals surface area contributed by atoms with Crippen LogP contribution in [-0.2, 0) is 11.3 Å². The summed E-state index contributed by atoms with van der Waals surface area (Å²) in [5.41, 5.74) is 20.2. The van der Waals surface area contributed by atoms with E-state index in [1.165, 1.54) is 0 Å². The van der Waals surface area contributed by atoms with E-state index in [-0.39, 0.29) is 24.0 Å². The van der Waals surface area contributed by atoms with Crippen LogP contribution < -0.4 is 17.2 Å². The summed E-state index contributed by atoms with van der Waals surface area (Å²) < 4.78 is 0. The van der Waals surface area contributed by atoms with Crippen molar-refractivity contribution in [3.05, 3.63) is 83.3 Å². The molecule has 1 amide bonds. The number of phenols is 1. The summed E-state index contributed by atoms with van der Waals surface area (Å²) in [6.07, 6.45) is 1.60. The Bertz CT molecular complexity index is 904. The number of allylic oxidation sites excluding steroid dienone is 1. The largest absolute Gasteiger partial charge is 0.507 e. The van der Waals surface area contributed by atoms with Gasteiger partial charge < -0.3 is 32.1 Å². The fourth-order valence-electron chi connectivity index (χ4n) is 3.19. The van der Waals surface area contributed by atoms with Crippen molar-refractivity contribution in [2.24, 2.45) is 17.2 Å². The third-order valence-electron chi connectivity index (χ3n) is 4.68. The average molecular weight is 379 g/mol. The average Bonchev–Trinajstić information content (AvgIpc) is 2.68. The van der Waals surface area contributed by atoms with E-state index in [2.05, 4.69) is 0 Å². The van der Waals surface area contributed by atoms with Crippen LogP contribution in [0.25, 0.3) is 5.70 Å². The van der Waals surface area contributed by atoms with E-state index >= 15 is 0 Å². The Hall–Kier alpha value is -3.61. The summed E-state index contributed by atoms with van der Waals surface area (Å²) in [4.78, 5) is 16.3. The van der Waals surface area contributed by atoms with Crippen molar-refractivity contribution in [1.29, 1.82) is 0 Å². The number of hydrogen-bond donors (Lipinski definition) is 4. The lowest BCUT2D eigenvalue weighted by molar-refractivity contribution is -0.135. The van der Waals surface area contributed by atoms with E-state index in [0.717, 1.165) is 5.56 Å². The van der Waals surface area contributed by atoms with Crippen LogP contribution in [-0.4, -0.2) is 40.4 Å². The van der Waals surface area contributed by atoms with Crippen LogP contribution >= 0.6 is 0 Å². The third-order valence-corrected chi connectivity index (χ3v) is 4.68. The van der Waals surface area contributed by atoms with Crippen LogP contribution in [0.2, 0.25) is 0 Å². The molecule has 0 atom stereocenters. The van der Waals surface area contributed by atoms with Gasteiger partial charge in [0.2, 0.25) is 5.91 Å². The van der Waals surface area contributed by atoms with Crippen molar-refractivity contribution in [3.8, 4) is 5.75 Å². The molecule has 7 nitrogen and oxygen atoms in total. The number of nitrogens with two attached hydrogens (primary N) is 3. The van der Waals surface area contributed by atoms with Crippen LogP contribution in [0.5, 0.6) is 5.75 Å². The molecular weight excluding hydrogens is 354 g/mol. The Labute approximate surface area is 164 Å². The predicted octanol–water partition coefficient (Wildman–Crippen LogP) is 1.12. The number of aromatic hydroxyl groups is 1. The molecule has 2 aromatic rings. The van der Waals surface area contributed by atoms with Crippen molar-refractivity contribution in [2.45, 2.75) is 6.54 Å². The van der Waals surface area contributed by atoms with E-state index in [1.54, 1.807) is 30.3 Å². The molecule has 0 bridgehead atoms. The van der Waals surface area contributed by atoms with Gasteiger partial charge in [-0.25, -0.2) is 0 Å². The first-order valence-corrected chi connectivity index (χ1v) is 9.03. The highest BCUT2D eigenvalue weighted by Gasteiger charge is 2.26. The molecule has 1 saturated heterocycles. The Morgan fingerprint density at radius 2 is 1.68 bits per heavy atom. The SMILES string of the molecule is NC(N)=C(/C=C(\N)c1ccccc1O)N1CCN(Cc2ccccc2)C(=O)C1. The summed E-state index contributed by atoms with van der Waals surface area (Å²) in [6.45, 7) is 1.86. The lowest BCUT2D eigenvalue weighted by Crippen LogP contribution is -2.49. The highest BCUT2D eigenvalue weighted by molar-refractivity contribution is 5.79. The van der Waals surface area contributed by atoms with Gasteiger partial charge in [0.1, 0.15) is 11.6 Å². The number of rotatable bonds is 5. The van der Waals surface area contributed by atoms with E-state index in [4.69, 9.17) is 17.2 Å². The van der Waals surface area contributed by atoms with Gasteiger partial charge in [0.05, 0.1) is 12.2 Å². The fraction of sp³-hybridized carbons (Fsp3) is 0.190. The minimum Gasteiger partial charge on any atom is -0.507 e. The summed E-state index contributed by atoms with van der Waals surface area (Å²) in [5.74, 6) is 0.126. The van der Waals surface area contributed by atoms with Gasteiger partial charge in [0.15, 0.2) is 0 Å². The zero-order valence-electron chi connectivity index (χ0n) is 15.6. The topological polar surface area (TPSA) is 122 Å². The second-order valence-corrected chi connectivity index (χ2v) is 6.68. The molecule has 0 aliphatic carbocycles. The van der Waals surface area contributed by atoms with Gasteiger partial charge in [0, 0.05) is 30.9 Å². The summed E-state index contributed by atoms with van der Waals surface area (Å²) in [6, 6.07) is 16.6. The molecular formula is C21H25N5O2. The van der Waals surface area contributed by atoms with Gasteiger partial charge in [-0.3, -0.25) is 4.79 Å². The normalized spacial score (nSPS) is 14.9. The summed E-state index contributed by atoms with van der Waals surface area (Å²) in [5, 5.41) is 9.99. The molecule has 1 aliphatic rings. The fourth-order valence-corrected chi connectivity index (χ4v) is 3.19. The molecule has 7 N–H and O–H groups in total. The highest BCUT2D eigenvalue weighted by atomic mass is 16.3. The van der Waals surface area contributed by atoms with Gasteiger partial charge in [-0.15, -0.1) is 0 Å². The lowest BCUT2D eigenvalue weighted by Gasteiger charge is -2.36. The monoisotopic (exact) mass is 379 g/mol. The second-order valence-electron chi connectivity index (χ2n) is 6.68. The molecule has 0 unspecified atom stereocenters. The minimum atomic E-state index is -0.0108. The van der Waals surface area contributed by atoms with Crippen molar-refractivity contribution < 1.29 is 9.90 Å². The van der Waals surface area contributed by atoms with Crippen molar-refractivity contribution in [2.75, 3.05) is 19.6 Å². The molecule has 1 heterocycles. The first-order chi connectivity index (χ1) is 13.5. The highest BCUT2D eigenvalue weighted by Crippen LogP contribution is 2.24. The molecule has 3 rings (SSSR count). The Balaban J connectivity index is 1.75. The molecule has 146 valence electrons. The van der Waals surface area contributed by atoms with E-state index in [1.807, 2.05) is 40.1 Å². The predicted molar refractivity (Wildman–Crippen MR) is 109 cm³/mol. The molecule has 0 aromatic heterocycles. The van der Waals surface area contributed by atoms with Crippen molar-refractivity contribution in [1.82, 2.24) is 9.80 Å². The smallest absolute Gasteiger partial charge is 0.242 e. The Morgan fingerprint density at radius 1 is 1.00 bits per heavy atom. The van der Waals surface area contributed by atoms with Gasteiger partial charge >= 0.3 is 0 Å². The van der Waals surface area contributed by atoms with Crippen molar-refractivity contribution >= 4 is 11.6 Å². The van der Waals surface area contributed by atoms with Gasteiger partial charge in [-0.1, -0.05) is 42.5 Å². The van der Waals surface area contributed by atoms with Crippen LogP contribution in [0.15, 0.2) is 72.2 Å². The molecule has 28 heavy (non-hydrogen) atoms. The van der Waals surface area contributed by atoms with Crippen molar-refractivity contribution in [3.63, 3.8) is 0 Å². The number of amides is 1. The molecule has 1 aliphatic heterocycles. The number of benzene rings is 2. The minimum absolute atomic E-state index is 0.0108. The Morgan fingerprint density at radius 3 is 2.32 bits per heavy atom. The molecule has 0 saturated carbocycles. The zero-order valence-corrected chi connectivity index (χ0v) is 15.6. The quantitative estimate of drug-likeness (QED) is 0.578. The number of nitrogens with zero attached hydrogens (tertiary/aromatic N) is 2. The lowest BCUT2D eigenvalue weighted by atomic mass is 10.1. The number of carbonyl (C=O) groups excluding carboxylic acids is 1. The van der Waals surface area contributed by atoms with E-state index < -0.39 is 0 Å². The van der Waals surface area contributed by atoms with Crippen LogP contribution in [0.3, 0.4) is 0 Å². The number of piperazine rings is 1. The molecule has 1 fully saturated rings. The summed E-state index contributed by atoms with van der Waals surface area (Å²) >= 11 is 0. The van der Waals surface area contributed by atoms with Crippen LogP contribution in [0.4, 0.5) is 0 Å². The van der Waals surface area contributed by atoms with Gasteiger partial charge in [0.25, 0.3) is 0 Å². The number of hydrogen-bond acceptors (Lipinski definition) is 6. The molecule has 7 heteroatoms. The second kappa shape index (κ2) is 8.39. The van der Waals surface area contributed by atoms with E-state index in [9.17, 15) is 9.90 Å². The zero-order chi connectivity index (χ0) is 20.1. The van der Waals surface area contributed by atoms with Crippen LogP contribution in [0.1, 0.15) is 11.1 Å². The summed E-state index contributed by atoms with van der Waals surface area (Å²) in [7, 11) is 0. The molecule has 2 aromatic carbocycles. The molecule has 0 spiro atoms. The Kier molecular flexibility index (Phi) is 5.74. The van der Waals surface area contributed by atoms with Gasteiger partial charge in [-0.05, 0) is 23.8 Å². The third kappa shape index (κ3) is 4.37. The van der Waals surface area contributed by atoms with Crippen LogP contribution in [0, 0.1) is 0 Å². The van der Waals surface area contributed by atoms with Gasteiger partial charge in [-0.2, -0.15) is 0 Å². The molecule has 0 radical (unpaired) electrons. The standard InChI is InChI=1S/C21H25N5O2/c22-17(16-8-4-5-9-19(16)27)12-18(21(23)24)25-10-11-26(20(28)14-25)13-15-6-2-1-3-7-15/h1-9,12,27H,10-11,13-14,22-24H2/b17-12-. The number of para-hydroxylation sites is 1. The maximum atomic E-state index is 12.6. The van der Waals surface area contributed by atoms with E-state index in [0.29, 0.717) is 36.6 Å². The maximum Gasteiger partial charge on any atom is 0.242 e. The first kappa shape index (κ1) is 19.2. The first-order valence-electron chi connectivity index (χ1n) is 9.03. The number of carbonyl (C=O) groups is 1.